The second-order valence-corrected chi connectivity index (χ2v) is 5.33. The van der Waals surface area contributed by atoms with Crippen LogP contribution in [0.15, 0.2) is 36.5 Å². The number of rotatable bonds is 5. The quantitative estimate of drug-likeness (QED) is 0.621. The number of aromatic nitrogens is 1. The first-order chi connectivity index (χ1) is 11.4. The van der Waals surface area contributed by atoms with Gasteiger partial charge in [-0.3, -0.25) is 9.59 Å². The zero-order valence-corrected chi connectivity index (χ0v) is 13.6. The number of nitrogens with zero attached hydrogens (tertiary/aromatic N) is 1. The van der Waals surface area contributed by atoms with E-state index in [9.17, 15) is 14.4 Å². The number of esters is 1. The molecule has 0 aliphatic heterocycles. The average Bonchev–Trinajstić information content (AvgIpc) is 2.55. The number of amides is 2. The fourth-order valence-electron chi connectivity index (χ4n) is 1.66. The lowest BCUT2D eigenvalue weighted by Crippen LogP contribution is -2.21. The zero-order chi connectivity index (χ0) is 17.7. The van der Waals surface area contributed by atoms with Gasteiger partial charge in [0, 0.05) is 17.4 Å². The number of hydrogen-bond acceptors (Lipinski definition) is 5. The van der Waals surface area contributed by atoms with Gasteiger partial charge in [-0.25, -0.2) is 9.78 Å². The van der Waals surface area contributed by atoms with Gasteiger partial charge in [-0.2, -0.15) is 0 Å². The molecule has 7 nitrogen and oxygen atoms in total. The van der Waals surface area contributed by atoms with Gasteiger partial charge in [-0.1, -0.05) is 23.2 Å². The van der Waals surface area contributed by atoms with Crippen molar-refractivity contribution in [2.24, 2.45) is 5.73 Å². The van der Waals surface area contributed by atoms with Gasteiger partial charge in [0.2, 0.25) is 5.91 Å². The summed E-state index contributed by atoms with van der Waals surface area (Å²) >= 11 is 11.4. The van der Waals surface area contributed by atoms with E-state index >= 15 is 0 Å². The molecule has 2 rings (SSSR count). The van der Waals surface area contributed by atoms with E-state index in [1.54, 1.807) is 0 Å². The van der Waals surface area contributed by atoms with Gasteiger partial charge in [-0.05, 0) is 30.3 Å². The number of primary amides is 1. The molecule has 0 spiro atoms. The molecule has 124 valence electrons. The van der Waals surface area contributed by atoms with E-state index in [1.807, 2.05) is 0 Å². The standard InChI is InChI=1S/C15H11Cl2N3O4/c16-11-5-9(6-19-13(11)17)15(23)24-7-12(21)20-10-3-1-8(2-4-10)14(18)22/h1-6H,7H2,(H2,18,22)(H,20,21). The highest BCUT2D eigenvalue weighted by Crippen LogP contribution is 2.20. The first-order valence-corrected chi connectivity index (χ1v) is 7.30. The highest BCUT2D eigenvalue weighted by Gasteiger charge is 2.13. The number of benzene rings is 1. The minimum atomic E-state index is -0.764. The van der Waals surface area contributed by atoms with E-state index < -0.39 is 24.4 Å². The number of ether oxygens (including phenoxy) is 1. The van der Waals surface area contributed by atoms with E-state index in [-0.39, 0.29) is 15.7 Å². The molecule has 0 aliphatic rings. The molecule has 9 heteroatoms. The van der Waals surface area contributed by atoms with Crippen LogP contribution in [0.1, 0.15) is 20.7 Å². The molecule has 2 aromatic rings. The van der Waals surface area contributed by atoms with Crippen LogP contribution in [0.4, 0.5) is 5.69 Å². The molecule has 1 aromatic heterocycles. The number of nitrogens with two attached hydrogens (primary N) is 1. The van der Waals surface area contributed by atoms with Crippen LogP contribution < -0.4 is 11.1 Å². The summed E-state index contributed by atoms with van der Waals surface area (Å²) in [7, 11) is 0. The van der Waals surface area contributed by atoms with Gasteiger partial charge in [0.25, 0.3) is 5.91 Å². The van der Waals surface area contributed by atoms with E-state index in [4.69, 9.17) is 33.7 Å². The number of halogens is 2. The minimum absolute atomic E-state index is 0.0605. The van der Waals surface area contributed by atoms with Crippen molar-refractivity contribution >= 4 is 46.7 Å². The van der Waals surface area contributed by atoms with Gasteiger partial charge in [0.15, 0.2) is 6.61 Å². The molecule has 2 amide bonds. The number of hydrogen-bond donors (Lipinski definition) is 2. The normalized spacial score (nSPS) is 10.1. The molecule has 0 atom stereocenters. The summed E-state index contributed by atoms with van der Waals surface area (Å²) in [6.45, 7) is -0.503. The summed E-state index contributed by atoms with van der Waals surface area (Å²) in [6, 6.07) is 7.22. The Balaban J connectivity index is 1.89. The predicted molar refractivity (Wildman–Crippen MR) is 88.1 cm³/mol. The summed E-state index contributed by atoms with van der Waals surface area (Å²) in [5.74, 6) is -1.89. The van der Waals surface area contributed by atoms with Crippen molar-refractivity contribution in [1.82, 2.24) is 4.98 Å². The monoisotopic (exact) mass is 367 g/mol. The van der Waals surface area contributed by atoms with E-state index in [2.05, 4.69) is 10.3 Å². The molecule has 0 unspecified atom stereocenters. The molecule has 3 N–H and O–H groups in total. The fourth-order valence-corrected chi connectivity index (χ4v) is 1.93. The van der Waals surface area contributed by atoms with Crippen molar-refractivity contribution < 1.29 is 19.1 Å². The Morgan fingerprint density at radius 1 is 1.12 bits per heavy atom. The maximum absolute atomic E-state index is 11.8. The summed E-state index contributed by atoms with van der Waals surface area (Å²) in [6.07, 6.45) is 1.19. The van der Waals surface area contributed by atoms with E-state index in [0.717, 1.165) is 0 Å². The Labute approximate surface area is 146 Å². The molecular formula is C15H11Cl2N3O4. The van der Waals surface area contributed by atoms with E-state index in [1.165, 1.54) is 36.5 Å². The van der Waals surface area contributed by atoms with Crippen molar-refractivity contribution in [3.05, 3.63) is 57.8 Å². The number of pyridine rings is 1. The van der Waals surface area contributed by atoms with Crippen LogP contribution in [0, 0.1) is 0 Å². The van der Waals surface area contributed by atoms with Crippen LogP contribution in [0.5, 0.6) is 0 Å². The Hall–Kier alpha value is -2.64. The topological polar surface area (TPSA) is 111 Å². The van der Waals surface area contributed by atoms with Crippen LogP contribution in [0.3, 0.4) is 0 Å². The first kappa shape index (κ1) is 17.7. The van der Waals surface area contributed by atoms with Crippen LogP contribution in [-0.2, 0) is 9.53 Å². The maximum atomic E-state index is 11.8. The van der Waals surface area contributed by atoms with Gasteiger partial charge in [0.05, 0.1) is 10.6 Å². The van der Waals surface area contributed by atoms with Gasteiger partial charge in [0.1, 0.15) is 5.15 Å². The second-order valence-electron chi connectivity index (χ2n) is 4.56. The first-order valence-electron chi connectivity index (χ1n) is 6.54. The van der Waals surface area contributed by atoms with Crippen molar-refractivity contribution in [1.29, 1.82) is 0 Å². The molecule has 0 aliphatic carbocycles. The number of carbonyl (C=O) groups excluding carboxylic acids is 3. The van der Waals surface area contributed by atoms with Crippen LogP contribution in [0.25, 0.3) is 0 Å². The molecule has 1 heterocycles. The second kappa shape index (κ2) is 7.76. The van der Waals surface area contributed by atoms with E-state index in [0.29, 0.717) is 11.3 Å². The minimum Gasteiger partial charge on any atom is -0.452 e. The maximum Gasteiger partial charge on any atom is 0.340 e. The van der Waals surface area contributed by atoms with Crippen LogP contribution >= 0.6 is 23.2 Å². The molecule has 0 fully saturated rings. The number of nitrogens with one attached hydrogen (secondary N) is 1. The fraction of sp³-hybridized carbons (Fsp3) is 0.0667. The highest BCUT2D eigenvalue weighted by molar-refractivity contribution is 6.41. The van der Waals surface area contributed by atoms with Crippen molar-refractivity contribution in [3.63, 3.8) is 0 Å². The Bertz CT molecular complexity index is 794. The molecular weight excluding hydrogens is 357 g/mol. The van der Waals surface area contributed by atoms with Gasteiger partial charge in [-0.15, -0.1) is 0 Å². The Morgan fingerprint density at radius 2 is 1.79 bits per heavy atom. The molecule has 1 aromatic carbocycles. The van der Waals surface area contributed by atoms with Crippen LogP contribution in [-0.4, -0.2) is 29.4 Å². The molecule has 0 radical (unpaired) electrons. The van der Waals surface area contributed by atoms with Crippen molar-refractivity contribution in [2.45, 2.75) is 0 Å². The number of anilines is 1. The summed E-state index contributed by atoms with van der Waals surface area (Å²) in [5.41, 5.74) is 5.93. The third kappa shape index (κ3) is 4.68. The third-order valence-corrected chi connectivity index (χ3v) is 3.51. The average molecular weight is 368 g/mol. The Morgan fingerprint density at radius 3 is 2.38 bits per heavy atom. The third-order valence-electron chi connectivity index (χ3n) is 2.82. The number of carbonyl (C=O) groups is 3. The molecule has 24 heavy (non-hydrogen) atoms. The lowest BCUT2D eigenvalue weighted by Gasteiger charge is -2.07. The smallest absolute Gasteiger partial charge is 0.340 e. The predicted octanol–water partition coefficient (Wildman–Crippen LogP) is 2.28. The summed E-state index contributed by atoms with van der Waals surface area (Å²) in [5, 5.41) is 2.67. The molecule has 0 saturated carbocycles. The van der Waals surface area contributed by atoms with Crippen molar-refractivity contribution in [3.8, 4) is 0 Å². The Kier molecular flexibility index (Phi) is 5.73. The highest BCUT2D eigenvalue weighted by atomic mass is 35.5. The lowest BCUT2D eigenvalue weighted by molar-refractivity contribution is -0.119. The van der Waals surface area contributed by atoms with Crippen molar-refractivity contribution in [2.75, 3.05) is 11.9 Å². The lowest BCUT2D eigenvalue weighted by atomic mass is 10.2. The van der Waals surface area contributed by atoms with Crippen LogP contribution in [0.2, 0.25) is 10.2 Å². The largest absolute Gasteiger partial charge is 0.452 e. The van der Waals surface area contributed by atoms with Gasteiger partial charge >= 0.3 is 5.97 Å². The zero-order valence-electron chi connectivity index (χ0n) is 12.1. The van der Waals surface area contributed by atoms with Gasteiger partial charge < -0.3 is 15.8 Å². The molecule has 0 bridgehead atoms. The SMILES string of the molecule is NC(=O)c1ccc(NC(=O)COC(=O)c2cnc(Cl)c(Cl)c2)cc1. The summed E-state index contributed by atoms with van der Waals surface area (Å²) in [4.78, 5) is 38.2. The molecule has 0 saturated heterocycles. The summed E-state index contributed by atoms with van der Waals surface area (Å²) < 4.78 is 4.85.